The normalized spacial score (nSPS) is 11.0. The lowest BCUT2D eigenvalue weighted by atomic mass is 10.1. The number of rotatable bonds is 2. The van der Waals surface area contributed by atoms with Crippen LogP contribution in [-0.2, 0) is 6.18 Å². The van der Waals surface area contributed by atoms with Crippen molar-refractivity contribution >= 4 is 17.6 Å². The van der Waals surface area contributed by atoms with Crippen LogP contribution in [0.4, 0.5) is 23.7 Å². The Kier molecular flexibility index (Phi) is 3.97. The number of anilines is 1. The molecule has 1 aromatic heterocycles. The van der Waals surface area contributed by atoms with Crippen LogP contribution in [0.15, 0.2) is 47.1 Å². The molecule has 5 nitrogen and oxygen atoms in total. The molecule has 0 unspecified atom stereocenters. The number of halogens is 3. The fraction of sp³-hybridized carbons (Fsp3) is 0.0769. The van der Waals surface area contributed by atoms with Crippen molar-refractivity contribution in [3.05, 3.63) is 54.0 Å². The van der Waals surface area contributed by atoms with Gasteiger partial charge in [0.2, 0.25) is 0 Å². The van der Waals surface area contributed by atoms with Crippen LogP contribution in [0.1, 0.15) is 16.1 Å². The molecule has 1 aromatic carbocycles. The highest BCUT2D eigenvalue weighted by Gasteiger charge is 2.33. The minimum absolute atomic E-state index is 0.130. The Labute approximate surface area is 116 Å². The third kappa shape index (κ3) is 3.62. The third-order valence-electron chi connectivity index (χ3n) is 2.45. The number of imide groups is 1. The van der Waals surface area contributed by atoms with Gasteiger partial charge in [0, 0.05) is 0 Å². The summed E-state index contributed by atoms with van der Waals surface area (Å²) >= 11 is 0. The van der Waals surface area contributed by atoms with Crippen LogP contribution < -0.4 is 10.6 Å². The number of hydrogen-bond donors (Lipinski definition) is 2. The van der Waals surface area contributed by atoms with Crippen molar-refractivity contribution < 1.29 is 27.2 Å². The van der Waals surface area contributed by atoms with Crippen LogP contribution in [-0.4, -0.2) is 11.9 Å². The Morgan fingerprint density at radius 1 is 1.05 bits per heavy atom. The number of alkyl halides is 3. The summed E-state index contributed by atoms with van der Waals surface area (Å²) in [5.41, 5.74) is -1.46. The Morgan fingerprint density at radius 3 is 2.38 bits per heavy atom. The number of urea groups is 1. The molecule has 2 aromatic rings. The second kappa shape index (κ2) is 5.70. The Morgan fingerprint density at radius 2 is 1.76 bits per heavy atom. The van der Waals surface area contributed by atoms with E-state index in [2.05, 4.69) is 0 Å². The highest BCUT2D eigenvalue weighted by atomic mass is 19.4. The zero-order valence-electron chi connectivity index (χ0n) is 10.4. The van der Waals surface area contributed by atoms with E-state index in [4.69, 9.17) is 4.42 Å². The van der Waals surface area contributed by atoms with Crippen molar-refractivity contribution in [1.29, 1.82) is 0 Å². The van der Waals surface area contributed by atoms with Gasteiger partial charge in [-0.3, -0.25) is 10.1 Å². The van der Waals surface area contributed by atoms with Gasteiger partial charge in [0.05, 0.1) is 17.5 Å². The number of para-hydroxylation sites is 1. The van der Waals surface area contributed by atoms with E-state index in [1.165, 1.54) is 30.5 Å². The molecule has 0 bridgehead atoms. The summed E-state index contributed by atoms with van der Waals surface area (Å²) in [5.74, 6) is -0.990. The third-order valence-corrected chi connectivity index (χ3v) is 2.45. The van der Waals surface area contributed by atoms with Gasteiger partial charge in [0.15, 0.2) is 5.76 Å². The van der Waals surface area contributed by atoms with E-state index in [1.54, 1.807) is 0 Å². The fourth-order valence-electron chi connectivity index (χ4n) is 1.57. The predicted molar refractivity (Wildman–Crippen MR) is 66.6 cm³/mol. The summed E-state index contributed by atoms with van der Waals surface area (Å²) in [4.78, 5) is 23.0. The molecule has 21 heavy (non-hydrogen) atoms. The lowest BCUT2D eigenvalue weighted by molar-refractivity contribution is -0.136. The maximum atomic E-state index is 12.7. The number of nitrogens with one attached hydrogen (secondary N) is 2. The first kappa shape index (κ1) is 14.6. The molecule has 0 radical (unpaired) electrons. The molecular weight excluding hydrogens is 289 g/mol. The summed E-state index contributed by atoms with van der Waals surface area (Å²) in [7, 11) is 0. The Bertz CT molecular complexity index is 651. The minimum Gasteiger partial charge on any atom is -0.459 e. The molecule has 0 aliphatic heterocycles. The molecule has 0 fully saturated rings. The maximum Gasteiger partial charge on any atom is 0.418 e. The van der Waals surface area contributed by atoms with Gasteiger partial charge in [-0.15, -0.1) is 0 Å². The molecular formula is C13H9F3N2O3. The second-order valence-electron chi connectivity index (χ2n) is 3.93. The van der Waals surface area contributed by atoms with Gasteiger partial charge in [-0.05, 0) is 24.3 Å². The summed E-state index contributed by atoms with van der Waals surface area (Å²) < 4.78 is 42.9. The van der Waals surface area contributed by atoms with Crippen LogP contribution >= 0.6 is 0 Å². The van der Waals surface area contributed by atoms with Gasteiger partial charge >= 0.3 is 12.2 Å². The van der Waals surface area contributed by atoms with Crippen LogP contribution in [0, 0.1) is 0 Å². The predicted octanol–water partition coefficient (Wildman–Crippen LogP) is 3.26. The van der Waals surface area contributed by atoms with E-state index in [9.17, 15) is 22.8 Å². The minimum atomic E-state index is -4.62. The van der Waals surface area contributed by atoms with Gasteiger partial charge in [-0.25, -0.2) is 4.79 Å². The molecule has 0 saturated heterocycles. The van der Waals surface area contributed by atoms with Crippen LogP contribution in [0.25, 0.3) is 0 Å². The average molecular weight is 298 g/mol. The average Bonchev–Trinajstić information content (AvgIpc) is 2.91. The monoisotopic (exact) mass is 298 g/mol. The van der Waals surface area contributed by atoms with Gasteiger partial charge in [0.25, 0.3) is 5.91 Å². The number of carbonyl (C=O) groups excluding carboxylic acids is 2. The number of hydrogen-bond acceptors (Lipinski definition) is 3. The second-order valence-corrected chi connectivity index (χ2v) is 3.93. The highest BCUT2D eigenvalue weighted by Crippen LogP contribution is 2.34. The van der Waals surface area contributed by atoms with Crippen LogP contribution in [0.3, 0.4) is 0 Å². The lowest BCUT2D eigenvalue weighted by Crippen LogP contribution is -2.34. The summed E-state index contributed by atoms with van der Waals surface area (Å²) in [5, 5.41) is 3.84. The van der Waals surface area contributed by atoms with Crippen molar-refractivity contribution in [3.63, 3.8) is 0 Å². The van der Waals surface area contributed by atoms with E-state index < -0.39 is 29.4 Å². The van der Waals surface area contributed by atoms with Crippen molar-refractivity contribution in [3.8, 4) is 0 Å². The maximum absolute atomic E-state index is 12.7. The van der Waals surface area contributed by atoms with Crippen molar-refractivity contribution in [2.24, 2.45) is 0 Å². The molecule has 0 aliphatic carbocycles. The first-order valence-electron chi connectivity index (χ1n) is 5.70. The van der Waals surface area contributed by atoms with E-state index >= 15 is 0 Å². The molecule has 0 spiro atoms. The Hall–Kier alpha value is -2.77. The van der Waals surface area contributed by atoms with Gasteiger partial charge < -0.3 is 9.73 Å². The number of benzene rings is 1. The smallest absolute Gasteiger partial charge is 0.418 e. The highest BCUT2D eigenvalue weighted by molar-refractivity contribution is 6.06. The van der Waals surface area contributed by atoms with E-state index in [-0.39, 0.29) is 5.76 Å². The Balaban J connectivity index is 2.09. The zero-order chi connectivity index (χ0) is 15.5. The van der Waals surface area contributed by atoms with Gasteiger partial charge in [-0.2, -0.15) is 13.2 Å². The first-order valence-corrected chi connectivity index (χ1v) is 5.70. The first-order chi connectivity index (χ1) is 9.88. The van der Waals surface area contributed by atoms with E-state index in [1.807, 2.05) is 10.6 Å². The number of furan rings is 1. The molecule has 3 amide bonds. The van der Waals surface area contributed by atoms with Gasteiger partial charge in [0.1, 0.15) is 0 Å². The van der Waals surface area contributed by atoms with Crippen LogP contribution in [0.2, 0.25) is 0 Å². The van der Waals surface area contributed by atoms with Crippen LogP contribution in [0.5, 0.6) is 0 Å². The summed E-state index contributed by atoms with van der Waals surface area (Å²) in [6.45, 7) is 0. The largest absolute Gasteiger partial charge is 0.459 e. The molecule has 8 heteroatoms. The number of carbonyl (C=O) groups is 2. The summed E-state index contributed by atoms with van der Waals surface area (Å²) in [6.07, 6.45) is -3.39. The van der Waals surface area contributed by atoms with E-state index in [0.717, 1.165) is 12.1 Å². The molecule has 0 atom stereocenters. The SMILES string of the molecule is O=C(NC(=O)c1ccco1)Nc1ccccc1C(F)(F)F. The lowest BCUT2D eigenvalue weighted by Gasteiger charge is -2.13. The zero-order valence-corrected chi connectivity index (χ0v) is 10.4. The van der Waals surface area contributed by atoms with Crippen molar-refractivity contribution in [2.75, 3.05) is 5.32 Å². The molecule has 1 heterocycles. The molecule has 110 valence electrons. The molecule has 0 saturated carbocycles. The van der Waals surface area contributed by atoms with Crippen molar-refractivity contribution in [2.45, 2.75) is 6.18 Å². The fourth-order valence-corrected chi connectivity index (χ4v) is 1.57. The number of amides is 3. The molecule has 2 N–H and O–H groups in total. The molecule has 0 aliphatic rings. The van der Waals surface area contributed by atoms with E-state index in [0.29, 0.717) is 0 Å². The van der Waals surface area contributed by atoms with Crippen molar-refractivity contribution in [1.82, 2.24) is 5.32 Å². The topological polar surface area (TPSA) is 71.3 Å². The standard InChI is InChI=1S/C13H9F3N2O3/c14-13(15,16)8-4-1-2-5-9(8)17-12(20)18-11(19)10-6-3-7-21-10/h1-7H,(H2,17,18,19,20). The van der Waals surface area contributed by atoms with Gasteiger partial charge in [-0.1, -0.05) is 12.1 Å². The summed E-state index contributed by atoms with van der Waals surface area (Å²) in [6, 6.07) is 6.09. The molecule has 2 rings (SSSR count). The quantitative estimate of drug-likeness (QED) is 0.894.